The van der Waals surface area contributed by atoms with Crippen molar-refractivity contribution in [3.8, 4) is 0 Å². The fourth-order valence-electron chi connectivity index (χ4n) is 2.27. The van der Waals surface area contributed by atoms with E-state index in [4.69, 9.17) is 0 Å². The second-order valence-corrected chi connectivity index (χ2v) is 6.26. The first-order valence-corrected chi connectivity index (χ1v) is 8.13. The van der Waals surface area contributed by atoms with Crippen LogP contribution in [0.3, 0.4) is 0 Å². The molecular weight excluding hydrogens is 278 g/mol. The fourth-order valence-corrected chi connectivity index (χ4v) is 3.12. The number of nitrogens with one attached hydrogen (secondary N) is 1. The van der Waals surface area contributed by atoms with Crippen LogP contribution in [-0.4, -0.2) is 17.0 Å². The molecule has 0 amide bonds. The highest BCUT2D eigenvalue weighted by Gasteiger charge is 2.08. The summed E-state index contributed by atoms with van der Waals surface area (Å²) in [5.74, 6) is 0. The predicted octanol–water partition coefficient (Wildman–Crippen LogP) is 4.22. The Bertz CT molecular complexity index is 581. The third-order valence-corrected chi connectivity index (χ3v) is 4.73. The first-order valence-electron chi connectivity index (χ1n) is 7.32. The summed E-state index contributed by atoms with van der Waals surface area (Å²) in [5.41, 5.74) is 4.61. The van der Waals surface area contributed by atoms with Crippen molar-refractivity contribution in [2.45, 2.75) is 50.2 Å². The lowest BCUT2D eigenvalue weighted by molar-refractivity contribution is 0.576. The molecule has 1 aromatic heterocycles. The zero-order valence-electron chi connectivity index (χ0n) is 13.4. The fraction of sp³-hybridized carbons (Fsp3) is 0.412. The number of nitrogens with zero attached hydrogens (tertiary/aromatic N) is 2. The zero-order valence-corrected chi connectivity index (χ0v) is 14.2. The van der Waals surface area contributed by atoms with Crippen LogP contribution in [0.4, 0.5) is 0 Å². The topological polar surface area (TPSA) is 37.8 Å². The van der Waals surface area contributed by atoms with Gasteiger partial charge in [-0.05, 0) is 69.3 Å². The molecule has 0 radical (unpaired) electrons. The van der Waals surface area contributed by atoms with Crippen LogP contribution in [-0.2, 0) is 0 Å². The van der Waals surface area contributed by atoms with Gasteiger partial charge in [0.2, 0.25) is 0 Å². The highest BCUT2D eigenvalue weighted by atomic mass is 32.2. The molecule has 0 fully saturated rings. The Kier molecular flexibility index (Phi) is 5.37. The summed E-state index contributed by atoms with van der Waals surface area (Å²) >= 11 is 1.62. The molecule has 0 aliphatic rings. The summed E-state index contributed by atoms with van der Waals surface area (Å²) in [7, 11) is 2.00. The maximum atomic E-state index is 4.56. The van der Waals surface area contributed by atoms with Crippen molar-refractivity contribution in [3.63, 3.8) is 0 Å². The molecule has 3 nitrogen and oxygen atoms in total. The van der Waals surface area contributed by atoms with E-state index in [-0.39, 0.29) is 0 Å². The van der Waals surface area contributed by atoms with Gasteiger partial charge >= 0.3 is 0 Å². The van der Waals surface area contributed by atoms with Gasteiger partial charge in [-0.1, -0.05) is 19.1 Å². The van der Waals surface area contributed by atoms with Crippen molar-refractivity contribution in [2.24, 2.45) is 0 Å². The van der Waals surface area contributed by atoms with Gasteiger partial charge in [-0.3, -0.25) is 0 Å². The first kappa shape index (κ1) is 16.0. The zero-order chi connectivity index (χ0) is 15.4. The molecule has 0 bridgehead atoms. The van der Waals surface area contributed by atoms with Crippen molar-refractivity contribution < 1.29 is 0 Å². The number of rotatable bonds is 5. The maximum Gasteiger partial charge on any atom is 0.192 e. The number of aromatic nitrogens is 2. The summed E-state index contributed by atoms with van der Waals surface area (Å²) in [4.78, 5) is 10.3. The van der Waals surface area contributed by atoms with Gasteiger partial charge in [0.1, 0.15) is 0 Å². The molecule has 1 atom stereocenters. The molecule has 1 N–H and O–H groups in total. The van der Waals surface area contributed by atoms with Crippen LogP contribution >= 0.6 is 11.8 Å². The summed E-state index contributed by atoms with van der Waals surface area (Å²) in [5, 5.41) is 4.15. The Labute approximate surface area is 131 Å². The van der Waals surface area contributed by atoms with Crippen molar-refractivity contribution in [1.29, 1.82) is 0 Å². The lowest BCUT2D eigenvalue weighted by Gasteiger charge is -2.14. The predicted molar refractivity (Wildman–Crippen MR) is 88.9 cm³/mol. The molecule has 0 aliphatic heterocycles. The molecule has 4 heteroatoms. The normalized spacial score (nSPS) is 12.4. The van der Waals surface area contributed by atoms with Crippen LogP contribution in [0.1, 0.15) is 41.9 Å². The van der Waals surface area contributed by atoms with Crippen LogP contribution in [0.2, 0.25) is 0 Å². The largest absolute Gasteiger partial charge is 0.313 e. The third kappa shape index (κ3) is 3.83. The molecule has 1 heterocycles. The van der Waals surface area contributed by atoms with Crippen molar-refractivity contribution in [1.82, 2.24) is 15.3 Å². The van der Waals surface area contributed by atoms with Crippen molar-refractivity contribution >= 4 is 11.8 Å². The minimum Gasteiger partial charge on any atom is -0.313 e. The van der Waals surface area contributed by atoms with E-state index < -0.39 is 0 Å². The Balaban J connectivity index is 2.17. The molecule has 2 rings (SSSR count). The number of hydrogen-bond donors (Lipinski definition) is 1. The second kappa shape index (κ2) is 7.05. The maximum absolute atomic E-state index is 4.56. The molecule has 21 heavy (non-hydrogen) atoms. The molecule has 1 aromatic carbocycles. The van der Waals surface area contributed by atoms with E-state index in [0.717, 1.165) is 23.0 Å². The third-order valence-electron chi connectivity index (χ3n) is 3.86. The summed E-state index contributed by atoms with van der Waals surface area (Å²) < 4.78 is 0. The van der Waals surface area contributed by atoms with Gasteiger partial charge in [0.15, 0.2) is 5.16 Å². The number of benzene rings is 1. The van der Waals surface area contributed by atoms with Crippen LogP contribution in [0, 0.1) is 20.8 Å². The lowest BCUT2D eigenvalue weighted by Crippen LogP contribution is -2.14. The van der Waals surface area contributed by atoms with Gasteiger partial charge in [0, 0.05) is 22.3 Å². The summed E-state index contributed by atoms with van der Waals surface area (Å²) in [6, 6.07) is 9.08. The minimum absolute atomic E-state index is 0.421. The van der Waals surface area contributed by atoms with Crippen molar-refractivity contribution in [3.05, 3.63) is 46.8 Å². The van der Waals surface area contributed by atoms with E-state index in [1.807, 2.05) is 20.9 Å². The van der Waals surface area contributed by atoms with Crippen LogP contribution in [0.25, 0.3) is 0 Å². The second-order valence-electron chi connectivity index (χ2n) is 5.22. The Hall–Kier alpha value is -1.39. The van der Waals surface area contributed by atoms with Crippen LogP contribution < -0.4 is 5.32 Å². The van der Waals surface area contributed by atoms with Crippen LogP contribution in [0.5, 0.6) is 0 Å². The molecule has 1 unspecified atom stereocenters. The first-order chi connectivity index (χ1) is 10.0. The highest BCUT2D eigenvalue weighted by molar-refractivity contribution is 7.99. The minimum atomic E-state index is 0.421. The summed E-state index contributed by atoms with van der Waals surface area (Å²) in [6.45, 7) is 8.33. The molecule has 0 aliphatic carbocycles. The molecule has 0 saturated heterocycles. The molecular formula is C17H23N3S. The van der Waals surface area contributed by atoms with E-state index >= 15 is 0 Å². The molecule has 0 spiro atoms. The average molecular weight is 301 g/mol. The smallest absolute Gasteiger partial charge is 0.192 e. The summed E-state index contributed by atoms with van der Waals surface area (Å²) in [6.07, 6.45) is 1.09. The van der Waals surface area contributed by atoms with Gasteiger partial charge < -0.3 is 5.32 Å². The molecule has 0 saturated carbocycles. The van der Waals surface area contributed by atoms with Gasteiger partial charge in [0.25, 0.3) is 0 Å². The van der Waals surface area contributed by atoms with E-state index in [0.29, 0.717) is 6.04 Å². The number of hydrogen-bond acceptors (Lipinski definition) is 4. The van der Waals surface area contributed by atoms with Gasteiger partial charge in [-0.15, -0.1) is 0 Å². The van der Waals surface area contributed by atoms with E-state index in [1.54, 1.807) is 11.8 Å². The average Bonchev–Trinajstić information content (AvgIpc) is 2.47. The lowest BCUT2D eigenvalue weighted by atomic mass is 10.1. The van der Waals surface area contributed by atoms with E-state index in [2.05, 4.69) is 53.4 Å². The Morgan fingerprint density at radius 1 is 1.05 bits per heavy atom. The molecule has 112 valence electrons. The Morgan fingerprint density at radius 3 is 2.10 bits per heavy atom. The van der Waals surface area contributed by atoms with E-state index in [9.17, 15) is 0 Å². The highest BCUT2D eigenvalue weighted by Crippen LogP contribution is 2.27. The van der Waals surface area contributed by atoms with Gasteiger partial charge in [0.05, 0.1) is 0 Å². The molecule has 2 aromatic rings. The number of aryl methyl sites for hydroxylation is 2. The van der Waals surface area contributed by atoms with Crippen molar-refractivity contribution in [2.75, 3.05) is 7.05 Å². The van der Waals surface area contributed by atoms with Gasteiger partial charge in [-0.2, -0.15) is 0 Å². The Morgan fingerprint density at radius 2 is 1.62 bits per heavy atom. The SMILES string of the molecule is CCC(NC)c1ccc(Sc2nc(C)c(C)c(C)n2)cc1. The van der Waals surface area contributed by atoms with Crippen LogP contribution in [0.15, 0.2) is 34.3 Å². The van der Waals surface area contributed by atoms with E-state index in [1.165, 1.54) is 16.0 Å². The van der Waals surface area contributed by atoms with Gasteiger partial charge in [-0.25, -0.2) is 9.97 Å². The quantitative estimate of drug-likeness (QED) is 0.839. The monoisotopic (exact) mass is 301 g/mol. The standard InChI is InChI=1S/C17H23N3S/c1-6-16(18-5)14-7-9-15(10-8-14)21-17-19-12(3)11(2)13(4)20-17/h7-10,16,18H,6H2,1-5H3.